The minimum absolute atomic E-state index is 0.574. The molecule has 0 radical (unpaired) electrons. The molecule has 0 aliphatic rings. The molecule has 8 heteroatoms. The van der Waals surface area contributed by atoms with Gasteiger partial charge in [0.05, 0.1) is 0 Å². The second-order valence-electron chi connectivity index (χ2n) is 1.56. The molecule has 0 rings (SSSR count). The molecule has 0 aromatic carbocycles. The van der Waals surface area contributed by atoms with E-state index in [1.165, 1.54) is 0 Å². The van der Waals surface area contributed by atoms with Crippen LogP contribution in [0.5, 0.6) is 0 Å². The Bertz CT molecular complexity index is 171. The van der Waals surface area contributed by atoms with Crippen LogP contribution < -0.4 is 0 Å². The van der Waals surface area contributed by atoms with Crippen molar-refractivity contribution in [2.24, 2.45) is 0 Å². The smallest absolute Gasteiger partial charge is 0.476 e. The van der Waals surface area contributed by atoms with Gasteiger partial charge in [0.1, 0.15) is 13.3 Å². The first-order chi connectivity index (χ1) is 5.57. The Morgan fingerprint density at radius 3 is 2.33 bits per heavy atom. The highest BCUT2D eigenvalue weighted by Gasteiger charge is 2.23. The quantitative estimate of drug-likeness (QED) is 0.296. The number of ether oxygens (including phenoxy) is 1. The Hall–Kier alpha value is -1.15. The first kappa shape index (κ1) is 10.9. The SMILES string of the molecule is O=C(OCCF)C(=O)OB(O)O. The fourth-order valence-electron chi connectivity index (χ4n) is 0.334. The van der Waals surface area contributed by atoms with Gasteiger partial charge in [-0.25, -0.2) is 14.0 Å². The van der Waals surface area contributed by atoms with Crippen LogP contribution in [0.1, 0.15) is 0 Å². The van der Waals surface area contributed by atoms with Gasteiger partial charge in [-0.05, 0) is 0 Å². The molecule has 0 amide bonds. The van der Waals surface area contributed by atoms with Crippen molar-refractivity contribution in [1.82, 2.24) is 0 Å². The molecule has 0 aromatic heterocycles. The Balaban J connectivity index is 3.70. The van der Waals surface area contributed by atoms with Gasteiger partial charge in [-0.3, -0.25) is 0 Å². The van der Waals surface area contributed by atoms with Crippen LogP contribution in [-0.2, 0) is 19.0 Å². The standard InChI is InChI=1S/C4H6BFO6/c6-1-2-11-3(7)4(8)12-5(9)10/h9-10H,1-2H2. The van der Waals surface area contributed by atoms with Crippen LogP contribution in [0.15, 0.2) is 0 Å². The summed E-state index contributed by atoms with van der Waals surface area (Å²) in [5.74, 6) is -3.06. The maximum atomic E-state index is 11.4. The molecule has 0 saturated carbocycles. The number of hydrogen-bond acceptors (Lipinski definition) is 6. The zero-order valence-corrected chi connectivity index (χ0v) is 5.90. The van der Waals surface area contributed by atoms with Gasteiger partial charge >= 0.3 is 19.3 Å². The number of alkyl halides is 1. The lowest BCUT2D eigenvalue weighted by atomic mass is 10.3. The van der Waals surface area contributed by atoms with E-state index >= 15 is 0 Å². The van der Waals surface area contributed by atoms with Crippen LogP contribution in [0.25, 0.3) is 0 Å². The fraction of sp³-hybridized carbons (Fsp3) is 0.500. The van der Waals surface area contributed by atoms with E-state index in [9.17, 15) is 14.0 Å². The zero-order valence-electron chi connectivity index (χ0n) is 5.90. The van der Waals surface area contributed by atoms with E-state index in [-0.39, 0.29) is 0 Å². The molecule has 0 bridgehead atoms. The van der Waals surface area contributed by atoms with Crippen molar-refractivity contribution < 1.29 is 33.4 Å². The van der Waals surface area contributed by atoms with Gasteiger partial charge in [0.25, 0.3) is 0 Å². The van der Waals surface area contributed by atoms with E-state index in [2.05, 4.69) is 9.39 Å². The first-order valence-electron chi connectivity index (χ1n) is 2.87. The molecule has 0 aliphatic heterocycles. The summed E-state index contributed by atoms with van der Waals surface area (Å²) in [4.78, 5) is 20.7. The number of rotatable bonds is 3. The molecule has 0 saturated heterocycles. The number of hydrogen-bond donors (Lipinski definition) is 2. The maximum Gasteiger partial charge on any atom is 0.709 e. The summed E-state index contributed by atoms with van der Waals surface area (Å²) >= 11 is 0. The Morgan fingerprint density at radius 2 is 1.92 bits per heavy atom. The zero-order chi connectivity index (χ0) is 9.56. The van der Waals surface area contributed by atoms with Gasteiger partial charge in [-0.15, -0.1) is 0 Å². The maximum absolute atomic E-state index is 11.4. The highest BCUT2D eigenvalue weighted by Crippen LogP contribution is 1.85. The minimum atomic E-state index is -2.38. The minimum Gasteiger partial charge on any atom is -0.476 e. The predicted molar refractivity (Wildman–Crippen MR) is 33.2 cm³/mol. The molecule has 12 heavy (non-hydrogen) atoms. The summed E-state index contributed by atoms with van der Waals surface area (Å²) < 4.78 is 18.9. The van der Waals surface area contributed by atoms with Gasteiger partial charge in [0, 0.05) is 0 Å². The molecule has 2 N–H and O–H groups in total. The van der Waals surface area contributed by atoms with E-state index in [1.54, 1.807) is 0 Å². The van der Waals surface area contributed by atoms with Gasteiger partial charge in [-0.1, -0.05) is 0 Å². The molecule has 0 unspecified atom stereocenters. The predicted octanol–water partition coefficient (Wildman–Crippen LogP) is -1.99. The molecule has 0 atom stereocenters. The van der Waals surface area contributed by atoms with Crippen LogP contribution in [0.3, 0.4) is 0 Å². The lowest BCUT2D eigenvalue weighted by Crippen LogP contribution is -2.29. The average Bonchev–Trinajstić information content (AvgIpc) is 1.98. The normalized spacial score (nSPS) is 8.92. The highest BCUT2D eigenvalue weighted by molar-refractivity contribution is 6.43. The molecule has 0 aromatic rings. The van der Waals surface area contributed by atoms with Gasteiger partial charge in [0.15, 0.2) is 0 Å². The lowest BCUT2D eigenvalue weighted by Gasteiger charge is -2.01. The first-order valence-corrected chi connectivity index (χ1v) is 2.87. The third kappa shape index (κ3) is 4.64. The lowest BCUT2D eigenvalue weighted by molar-refractivity contribution is -0.163. The van der Waals surface area contributed by atoms with Crippen molar-refractivity contribution in [3.63, 3.8) is 0 Å². The van der Waals surface area contributed by atoms with Crippen molar-refractivity contribution in [1.29, 1.82) is 0 Å². The fourth-order valence-corrected chi connectivity index (χ4v) is 0.334. The van der Waals surface area contributed by atoms with Crippen molar-refractivity contribution in [2.45, 2.75) is 0 Å². The summed E-state index contributed by atoms with van der Waals surface area (Å²) in [6, 6.07) is 0. The molecule has 0 spiro atoms. The second-order valence-corrected chi connectivity index (χ2v) is 1.56. The summed E-state index contributed by atoms with van der Waals surface area (Å²) in [5, 5.41) is 16.1. The molecule has 0 heterocycles. The van der Waals surface area contributed by atoms with E-state index in [4.69, 9.17) is 10.0 Å². The Morgan fingerprint density at radius 1 is 1.33 bits per heavy atom. The van der Waals surface area contributed by atoms with Crippen LogP contribution in [-0.4, -0.2) is 42.6 Å². The van der Waals surface area contributed by atoms with E-state index in [1.807, 2.05) is 0 Å². The topological polar surface area (TPSA) is 93.1 Å². The van der Waals surface area contributed by atoms with Gasteiger partial charge < -0.3 is 19.4 Å². The Kier molecular flexibility index (Phi) is 4.97. The van der Waals surface area contributed by atoms with Crippen molar-refractivity contribution in [3.8, 4) is 0 Å². The Labute approximate surface area is 67.1 Å². The summed E-state index contributed by atoms with van der Waals surface area (Å²) in [6.07, 6.45) is 0. The van der Waals surface area contributed by atoms with Crippen LogP contribution in [0.4, 0.5) is 4.39 Å². The summed E-state index contributed by atoms with van der Waals surface area (Å²) in [6.45, 7) is -1.50. The van der Waals surface area contributed by atoms with Crippen molar-refractivity contribution >= 4 is 19.3 Å². The van der Waals surface area contributed by atoms with E-state index in [0.717, 1.165) is 0 Å². The van der Waals surface area contributed by atoms with Crippen LogP contribution in [0.2, 0.25) is 0 Å². The summed E-state index contributed by atoms with van der Waals surface area (Å²) in [7, 11) is -2.38. The molecular formula is C4H6BFO6. The number of halogens is 1. The third-order valence-electron chi connectivity index (χ3n) is 0.689. The van der Waals surface area contributed by atoms with E-state index in [0.29, 0.717) is 0 Å². The molecule has 6 nitrogen and oxygen atoms in total. The molecular weight excluding hydrogens is 174 g/mol. The van der Waals surface area contributed by atoms with Crippen molar-refractivity contribution in [2.75, 3.05) is 13.3 Å². The second kappa shape index (κ2) is 5.50. The molecule has 68 valence electrons. The van der Waals surface area contributed by atoms with Crippen molar-refractivity contribution in [3.05, 3.63) is 0 Å². The van der Waals surface area contributed by atoms with E-state index < -0.39 is 32.5 Å². The largest absolute Gasteiger partial charge is 0.709 e. The highest BCUT2D eigenvalue weighted by atomic mass is 19.1. The number of carbonyl (C=O) groups is 2. The molecule has 0 aliphatic carbocycles. The molecule has 0 fully saturated rings. The average molecular weight is 180 g/mol. The number of carbonyl (C=O) groups excluding carboxylic acids is 2. The number of esters is 1. The van der Waals surface area contributed by atoms with Crippen LogP contribution >= 0.6 is 0 Å². The van der Waals surface area contributed by atoms with Crippen LogP contribution in [0, 0.1) is 0 Å². The monoisotopic (exact) mass is 180 g/mol. The summed E-state index contributed by atoms with van der Waals surface area (Å²) in [5.41, 5.74) is 0. The van der Waals surface area contributed by atoms with Gasteiger partial charge in [-0.2, -0.15) is 0 Å². The third-order valence-corrected chi connectivity index (χ3v) is 0.689. The van der Waals surface area contributed by atoms with Gasteiger partial charge in [0.2, 0.25) is 0 Å².